The van der Waals surface area contributed by atoms with E-state index in [4.69, 9.17) is 5.11 Å². The van der Waals surface area contributed by atoms with Crippen LogP contribution >= 0.6 is 0 Å². The van der Waals surface area contributed by atoms with Crippen molar-refractivity contribution in [1.29, 1.82) is 0 Å². The number of rotatable bonds is 6. The summed E-state index contributed by atoms with van der Waals surface area (Å²) in [6, 6.07) is 0. The molecule has 2 N–H and O–H groups in total. The van der Waals surface area contributed by atoms with E-state index in [-0.39, 0.29) is 12.1 Å². The average molecular weight is 240 g/mol. The molecule has 0 bridgehead atoms. The van der Waals surface area contributed by atoms with E-state index in [1.54, 1.807) is 0 Å². The molecule has 0 aliphatic rings. The quantitative estimate of drug-likeness (QED) is 0.770. The number of aromatic nitrogens is 2. The SMILES string of the molecule is CN(C)c1ncc(CNC(C)(C)CCO)n1C. The molecule has 5 nitrogen and oxygen atoms in total. The third-order valence-electron chi connectivity index (χ3n) is 2.94. The third-order valence-corrected chi connectivity index (χ3v) is 2.94. The summed E-state index contributed by atoms with van der Waals surface area (Å²) in [5, 5.41) is 12.4. The van der Waals surface area contributed by atoms with Crippen LogP contribution in [0.5, 0.6) is 0 Å². The molecular formula is C12H24N4O. The van der Waals surface area contributed by atoms with E-state index in [1.807, 2.05) is 32.2 Å². The summed E-state index contributed by atoms with van der Waals surface area (Å²) in [5.74, 6) is 0.946. The Labute approximate surface area is 103 Å². The fourth-order valence-electron chi connectivity index (χ4n) is 1.71. The van der Waals surface area contributed by atoms with Crippen molar-refractivity contribution in [3.8, 4) is 0 Å². The smallest absolute Gasteiger partial charge is 0.204 e. The molecule has 0 aliphatic carbocycles. The van der Waals surface area contributed by atoms with Gasteiger partial charge in [-0.25, -0.2) is 4.98 Å². The first-order chi connectivity index (χ1) is 7.87. The van der Waals surface area contributed by atoms with Gasteiger partial charge >= 0.3 is 0 Å². The molecule has 1 rings (SSSR count). The number of aliphatic hydroxyl groups is 1. The van der Waals surface area contributed by atoms with Crippen LogP contribution in [0.2, 0.25) is 0 Å². The minimum atomic E-state index is -0.0582. The molecule has 98 valence electrons. The van der Waals surface area contributed by atoms with E-state index in [0.29, 0.717) is 0 Å². The van der Waals surface area contributed by atoms with Crippen LogP contribution in [0.3, 0.4) is 0 Å². The van der Waals surface area contributed by atoms with Gasteiger partial charge in [0.05, 0.1) is 11.9 Å². The normalized spacial score (nSPS) is 11.9. The summed E-state index contributed by atoms with van der Waals surface area (Å²) >= 11 is 0. The van der Waals surface area contributed by atoms with Crippen LogP contribution in [0.15, 0.2) is 6.20 Å². The lowest BCUT2D eigenvalue weighted by Gasteiger charge is -2.25. The van der Waals surface area contributed by atoms with Gasteiger partial charge < -0.3 is 19.9 Å². The number of hydrogen-bond donors (Lipinski definition) is 2. The molecule has 0 atom stereocenters. The second kappa shape index (κ2) is 5.51. The summed E-state index contributed by atoms with van der Waals surface area (Å²) in [6.07, 6.45) is 2.63. The molecule has 17 heavy (non-hydrogen) atoms. The number of nitrogens with one attached hydrogen (secondary N) is 1. The maximum absolute atomic E-state index is 8.97. The van der Waals surface area contributed by atoms with E-state index in [0.717, 1.165) is 24.6 Å². The zero-order chi connectivity index (χ0) is 13.1. The third kappa shape index (κ3) is 3.71. The van der Waals surface area contributed by atoms with Crippen LogP contribution < -0.4 is 10.2 Å². The Bertz CT molecular complexity index is 357. The molecule has 0 saturated heterocycles. The summed E-state index contributed by atoms with van der Waals surface area (Å²) in [4.78, 5) is 6.35. The first kappa shape index (κ1) is 14.0. The first-order valence-electron chi connectivity index (χ1n) is 5.91. The topological polar surface area (TPSA) is 53.3 Å². The highest BCUT2D eigenvalue weighted by atomic mass is 16.3. The summed E-state index contributed by atoms with van der Waals surface area (Å²) in [6.45, 7) is 5.14. The molecule has 0 spiro atoms. The molecule has 1 aromatic heterocycles. The minimum absolute atomic E-state index is 0.0582. The van der Waals surface area contributed by atoms with Gasteiger partial charge in [-0.2, -0.15) is 0 Å². The van der Waals surface area contributed by atoms with Crippen LogP contribution in [0.4, 0.5) is 5.95 Å². The van der Waals surface area contributed by atoms with E-state index < -0.39 is 0 Å². The van der Waals surface area contributed by atoms with E-state index in [2.05, 4.69) is 28.7 Å². The second-order valence-electron chi connectivity index (χ2n) is 5.21. The van der Waals surface area contributed by atoms with Gasteiger partial charge in [0.1, 0.15) is 0 Å². The molecule has 1 aromatic rings. The Morgan fingerprint density at radius 1 is 1.47 bits per heavy atom. The molecule has 0 radical (unpaired) electrons. The van der Waals surface area contributed by atoms with Crippen LogP contribution in [0.1, 0.15) is 26.0 Å². The second-order valence-corrected chi connectivity index (χ2v) is 5.21. The zero-order valence-electron chi connectivity index (χ0n) is 11.5. The maximum Gasteiger partial charge on any atom is 0.204 e. The number of anilines is 1. The van der Waals surface area contributed by atoms with Gasteiger partial charge in [-0.1, -0.05) is 0 Å². The molecule has 0 unspecified atom stereocenters. The van der Waals surface area contributed by atoms with E-state index in [9.17, 15) is 0 Å². The lowest BCUT2D eigenvalue weighted by Crippen LogP contribution is -2.39. The van der Waals surface area contributed by atoms with Crippen molar-refractivity contribution in [3.05, 3.63) is 11.9 Å². The van der Waals surface area contributed by atoms with Gasteiger partial charge in [0.25, 0.3) is 0 Å². The van der Waals surface area contributed by atoms with Gasteiger partial charge in [0.15, 0.2) is 0 Å². The molecule has 0 fully saturated rings. The Morgan fingerprint density at radius 2 is 2.12 bits per heavy atom. The highest BCUT2D eigenvalue weighted by Gasteiger charge is 2.17. The first-order valence-corrected chi connectivity index (χ1v) is 5.91. The lowest BCUT2D eigenvalue weighted by molar-refractivity contribution is 0.229. The summed E-state index contributed by atoms with van der Waals surface area (Å²) < 4.78 is 2.07. The molecule has 1 heterocycles. The van der Waals surface area contributed by atoms with Crippen molar-refractivity contribution in [2.45, 2.75) is 32.4 Å². The number of nitrogens with zero attached hydrogens (tertiary/aromatic N) is 3. The Hall–Kier alpha value is -1.07. The maximum atomic E-state index is 8.97. The largest absolute Gasteiger partial charge is 0.396 e. The molecule has 0 saturated carbocycles. The molecule has 0 amide bonds. The monoisotopic (exact) mass is 240 g/mol. The molecule has 0 aliphatic heterocycles. The molecule has 0 aromatic carbocycles. The standard InChI is InChI=1S/C12H24N4O/c1-12(2,6-7-17)14-9-10-8-13-11(15(3)4)16(10)5/h8,14,17H,6-7,9H2,1-5H3. The van der Waals surface area contributed by atoms with Crippen molar-refractivity contribution in [1.82, 2.24) is 14.9 Å². The van der Waals surface area contributed by atoms with Gasteiger partial charge in [0, 0.05) is 39.8 Å². The van der Waals surface area contributed by atoms with Crippen molar-refractivity contribution < 1.29 is 5.11 Å². The van der Waals surface area contributed by atoms with Crippen LogP contribution in [0, 0.1) is 0 Å². The van der Waals surface area contributed by atoms with Gasteiger partial charge in [-0.05, 0) is 20.3 Å². The molecular weight excluding hydrogens is 216 g/mol. The van der Waals surface area contributed by atoms with E-state index in [1.165, 1.54) is 0 Å². The van der Waals surface area contributed by atoms with Crippen molar-refractivity contribution in [3.63, 3.8) is 0 Å². The molecule has 5 heteroatoms. The fourth-order valence-corrected chi connectivity index (χ4v) is 1.71. The number of imidazole rings is 1. The lowest BCUT2D eigenvalue weighted by atomic mass is 10.0. The Morgan fingerprint density at radius 3 is 2.59 bits per heavy atom. The summed E-state index contributed by atoms with van der Waals surface area (Å²) in [5.41, 5.74) is 1.08. The minimum Gasteiger partial charge on any atom is -0.396 e. The zero-order valence-corrected chi connectivity index (χ0v) is 11.5. The highest BCUT2D eigenvalue weighted by Crippen LogP contribution is 2.13. The van der Waals surface area contributed by atoms with Gasteiger partial charge in [-0.15, -0.1) is 0 Å². The van der Waals surface area contributed by atoms with Crippen molar-refractivity contribution in [2.75, 3.05) is 25.6 Å². The Balaban J connectivity index is 2.64. The van der Waals surface area contributed by atoms with Gasteiger partial charge in [0.2, 0.25) is 5.95 Å². The summed E-state index contributed by atoms with van der Waals surface area (Å²) in [7, 11) is 5.98. The van der Waals surface area contributed by atoms with E-state index >= 15 is 0 Å². The van der Waals surface area contributed by atoms with Gasteiger partial charge in [-0.3, -0.25) is 0 Å². The predicted molar refractivity (Wildman–Crippen MR) is 70.2 cm³/mol. The predicted octanol–water partition coefficient (Wildman–Crippen LogP) is 0.737. The number of hydrogen-bond acceptors (Lipinski definition) is 4. The Kier molecular flexibility index (Phi) is 4.54. The fraction of sp³-hybridized carbons (Fsp3) is 0.750. The van der Waals surface area contributed by atoms with Crippen molar-refractivity contribution in [2.24, 2.45) is 7.05 Å². The van der Waals surface area contributed by atoms with Crippen LogP contribution in [0.25, 0.3) is 0 Å². The highest BCUT2D eigenvalue weighted by molar-refractivity contribution is 5.30. The van der Waals surface area contributed by atoms with Crippen LogP contribution in [-0.2, 0) is 13.6 Å². The van der Waals surface area contributed by atoms with Crippen molar-refractivity contribution >= 4 is 5.95 Å². The number of aliphatic hydroxyl groups excluding tert-OH is 1. The van der Waals surface area contributed by atoms with Crippen LogP contribution in [-0.4, -0.2) is 40.9 Å². The average Bonchev–Trinajstić information content (AvgIpc) is 2.57.